The van der Waals surface area contributed by atoms with Crippen molar-refractivity contribution >= 4 is 23.2 Å². The van der Waals surface area contributed by atoms with Gasteiger partial charge in [-0.15, -0.1) is 0 Å². The van der Waals surface area contributed by atoms with E-state index in [-0.39, 0.29) is 0 Å². The van der Waals surface area contributed by atoms with Crippen LogP contribution in [-0.4, -0.2) is 23.0 Å². The SMILES string of the molecule is CC1CCN(Cc2cnc(Cl)cc2Cl)CC1. The Hall–Kier alpha value is -0.310. The number of hydrogen-bond acceptors (Lipinski definition) is 2. The molecular formula is C12H16Cl2N2. The van der Waals surface area contributed by atoms with E-state index in [0.717, 1.165) is 36.1 Å². The van der Waals surface area contributed by atoms with Crippen LogP contribution >= 0.6 is 23.2 Å². The number of rotatable bonds is 2. The van der Waals surface area contributed by atoms with Crippen LogP contribution in [0.1, 0.15) is 25.3 Å². The number of likely N-dealkylation sites (tertiary alicyclic amines) is 1. The predicted octanol–water partition coefficient (Wildman–Crippen LogP) is 3.62. The van der Waals surface area contributed by atoms with Gasteiger partial charge >= 0.3 is 0 Å². The maximum Gasteiger partial charge on any atom is 0.130 e. The van der Waals surface area contributed by atoms with Gasteiger partial charge in [0.1, 0.15) is 5.15 Å². The zero-order chi connectivity index (χ0) is 11.5. The highest BCUT2D eigenvalue weighted by atomic mass is 35.5. The molecule has 2 nitrogen and oxygen atoms in total. The van der Waals surface area contributed by atoms with Crippen LogP contribution in [0.5, 0.6) is 0 Å². The molecule has 1 aromatic rings. The lowest BCUT2D eigenvalue weighted by Gasteiger charge is -2.30. The molecule has 88 valence electrons. The lowest BCUT2D eigenvalue weighted by molar-refractivity contribution is 0.185. The summed E-state index contributed by atoms with van der Waals surface area (Å²) in [6, 6.07) is 1.71. The summed E-state index contributed by atoms with van der Waals surface area (Å²) in [4.78, 5) is 6.50. The molecule has 0 amide bonds. The van der Waals surface area contributed by atoms with E-state index in [9.17, 15) is 0 Å². The lowest BCUT2D eigenvalue weighted by Crippen LogP contribution is -2.32. The first-order valence-electron chi connectivity index (χ1n) is 5.67. The van der Waals surface area contributed by atoms with Crippen molar-refractivity contribution in [3.8, 4) is 0 Å². The van der Waals surface area contributed by atoms with Crippen molar-refractivity contribution in [2.24, 2.45) is 5.92 Å². The number of pyridine rings is 1. The topological polar surface area (TPSA) is 16.1 Å². The molecule has 2 heterocycles. The molecule has 1 aromatic heterocycles. The lowest BCUT2D eigenvalue weighted by atomic mass is 9.99. The van der Waals surface area contributed by atoms with Gasteiger partial charge in [-0.1, -0.05) is 30.1 Å². The van der Waals surface area contributed by atoms with Crippen molar-refractivity contribution in [1.82, 2.24) is 9.88 Å². The molecule has 1 aliphatic rings. The number of hydrogen-bond donors (Lipinski definition) is 0. The molecule has 0 radical (unpaired) electrons. The second-order valence-corrected chi connectivity index (χ2v) is 5.35. The van der Waals surface area contributed by atoms with Crippen molar-refractivity contribution in [3.63, 3.8) is 0 Å². The van der Waals surface area contributed by atoms with Gasteiger partial charge in [0.2, 0.25) is 0 Å². The zero-order valence-electron chi connectivity index (χ0n) is 9.42. The summed E-state index contributed by atoms with van der Waals surface area (Å²) in [7, 11) is 0. The molecule has 0 aliphatic carbocycles. The van der Waals surface area contributed by atoms with Crippen LogP contribution in [0.25, 0.3) is 0 Å². The largest absolute Gasteiger partial charge is 0.299 e. The maximum atomic E-state index is 6.13. The Balaban J connectivity index is 1.98. The Bertz CT molecular complexity index is 360. The van der Waals surface area contributed by atoms with E-state index in [4.69, 9.17) is 23.2 Å². The second-order valence-electron chi connectivity index (χ2n) is 4.56. The first-order valence-corrected chi connectivity index (χ1v) is 6.43. The smallest absolute Gasteiger partial charge is 0.130 e. The Morgan fingerprint density at radius 2 is 2.06 bits per heavy atom. The molecule has 2 rings (SSSR count). The van der Waals surface area contributed by atoms with Crippen LogP contribution in [0.2, 0.25) is 10.2 Å². The summed E-state index contributed by atoms with van der Waals surface area (Å²) in [5.74, 6) is 0.857. The highest BCUT2D eigenvalue weighted by Crippen LogP contribution is 2.23. The van der Waals surface area contributed by atoms with Gasteiger partial charge in [0, 0.05) is 23.3 Å². The minimum absolute atomic E-state index is 0.459. The maximum absolute atomic E-state index is 6.13. The van der Waals surface area contributed by atoms with Gasteiger partial charge in [0.15, 0.2) is 0 Å². The summed E-state index contributed by atoms with van der Waals surface area (Å²) < 4.78 is 0. The van der Waals surface area contributed by atoms with E-state index < -0.39 is 0 Å². The zero-order valence-corrected chi connectivity index (χ0v) is 10.9. The normalized spacial score (nSPS) is 18.9. The highest BCUT2D eigenvalue weighted by molar-refractivity contribution is 6.34. The summed E-state index contributed by atoms with van der Waals surface area (Å²) in [6.45, 7) is 5.50. The average Bonchev–Trinajstić information content (AvgIpc) is 2.25. The molecular weight excluding hydrogens is 243 g/mol. The Morgan fingerprint density at radius 1 is 1.38 bits per heavy atom. The van der Waals surface area contributed by atoms with Gasteiger partial charge in [-0.2, -0.15) is 0 Å². The fourth-order valence-corrected chi connectivity index (χ4v) is 2.44. The summed E-state index contributed by atoms with van der Waals surface area (Å²) in [5.41, 5.74) is 1.07. The first-order chi connectivity index (χ1) is 7.65. The molecule has 1 aliphatic heterocycles. The van der Waals surface area contributed by atoms with Crippen LogP contribution in [0.15, 0.2) is 12.3 Å². The molecule has 0 bridgehead atoms. The number of aromatic nitrogens is 1. The third kappa shape index (κ3) is 3.09. The van der Waals surface area contributed by atoms with E-state index in [1.807, 2.05) is 0 Å². The van der Waals surface area contributed by atoms with E-state index in [1.165, 1.54) is 12.8 Å². The van der Waals surface area contributed by atoms with E-state index >= 15 is 0 Å². The Morgan fingerprint density at radius 3 is 2.69 bits per heavy atom. The Labute approximate surface area is 107 Å². The van der Waals surface area contributed by atoms with Gasteiger partial charge in [0.05, 0.1) is 0 Å². The van der Waals surface area contributed by atoms with Crippen LogP contribution < -0.4 is 0 Å². The predicted molar refractivity (Wildman–Crippen MR) is 67.9 cm³/mol. The minimum atomic E-state index is 0.459. The quantitative estimate of drug-likeness (QED) is 0.754. The van der Waals surface area contributed by atoms with Crippen molar-refractivity contribution in [3.05, 3.63) is 28.0 Å². The van der Waals surface area contributed by atoms with Crippen molar-refractivity contribution in [2.75, 3.05) is 13.1 Å². The minimum Gasteiger partial charge on any atom is -0.299 e. The van der Waals surface area contributed by atoms with Crippen LogP contribution in [0.4, 0.5) is 0 Å². The highest BCUT2D eigenvalue weighted by Gasteiger charge is 2.16. The number of nitrogens with zero attached hydrogens (tertiary/aromatic N) is 2. The second kappa shape index (κ2) is 5.35. The Kier molecular flexibility index (Phi) is 4.06. The van der Waals surface area contributed by atoms with Gasteiger partial charge in [-0.25, -0.2) is 4.98 Å². The van der Waals surface area contributed by atoms with Crippen molar-refractivity contribution in [1.29, 1.82) is 0 Å². The third-order valence-corrected chi connectivity index (χ3v) is 3.73. The molecule has 0 N–H and O–H groups in total. The monoisotopic (exact) mass is 258 g/mol. The molecule has 16 heavy (non-hydrogen) atoms. The molecule has 1 fully saturated rings. The van der Waals surface area contributed by atoms with Crippen LogP contribution in [0, 0.1) is 5.92 Å². The van der Waals surface area contributed by atoms with Crippen LogP contribution in [0.3, 0.4) is 0 Å². The van der Waals surface area contributed by atoms with E-state index in [1.54, 1.807) is 12.3 Å². The van der Waals surface area contributed by atoms with E-state index in [0.29, 0.717) is 5.15 Å². The third-order valence-electron chi connectivity index (χ3n) is 3.17. The molecule has 4 heteroatoms. The number of halogens is 2. The fourth-order valence-electron chi connectivity index (χ4n) is 2.01. The van der Waals surface area contributed by atoms with Crippen molar-refractivity contribution in [2.45, 2.75) is 26.3 Å². The molecule has 0 atom stereocenters. The average molecular weight is 259 g/mol. The molecule has 0 unspecified atom stereocenters. The summed E-state index contributed by atoms with van der Waals surface area (Å²) >= 11 is 11.9. The van der Waals surface area contributed by atoms with Gasteiger partial charge < -0.3 is 0 Å². The van der Waals surface area contributed by atoms with Gasteiger partial charge in [0.25, 0.3) is 0 Å². The van der Waals surface area contributed by atoms with E-state index in [2.05, 4.69) is 16.8 Å². The fraction of sp³-hybridized carbons (Fsp3) is 0.583. The van der Waals surface area contributed by atoms with Crippen molar-refractivity contribution < 1.29 is 0 Å². The first kappa shape index (κ1) is 12.2. The molecule has 1 saturated heterocycles. The molecule has 0 aromatic carbocycles. The molecule has 0 spiro atoms. The van der Waals surface area contributed by atoms with Crippen LogP contribution in [-0.2, 0) is 6.54 Å². The number of piperidine rings is 1. The molecule has 0 saturated carbocycles. The standard InChI is InChI=1S/C12H16Cl2N2/c1-9-2-4-16(5-3-9)8-10-7-15-12(14)6-11(10)13/h6-7,9H,2-5,8H2,1H3. The summed E-state index contributed by atoms with van der Waals surface area (Å²) in [6.07, 6.45) is 4.33. The van der Waals surface area contributed by atoms with Gasteiger partial charge in [-0.05, 0) is 37.9 Å². The van der Waals surface area contributed by atoms with Gasteiger partial charge in [-0.3, -0.25) is 4.90 Å². The summed E-state index contributed by atoms with van der Waals surface area (Å²) in [5, 5.41) is 1.18.